The summed E-state index contributed by atoms with van der Waals surface area (Å²) < 4.78 is 5.19. The van der Waals surface area contributed by atoms with Crippen molar-refractivity contribution in [2.24, 2.45) is 0 Å². The Morgan fingerprint density at radius 3 is 2.82 bits per heavy atom. The Hall–Kier alpha value is -1.82. The summed E-state index contributed by atoms with van der Waals surface area (Å²) in [6, 6.07) is 4.11. The normalized spacial score (nSPS) is 11.9. The maximum atomic E-state index is 10.7. The first-order valence-electron chi connectivity index (χ1n) is 4.73. The number of aliphatic carboxylic acids is 1. The Kier molecular flexibility index (Phi) is 4.28. The topological polar surface area (TPSA) is 89.7 Å². The fourth-order valence-corrected chi connectivity index (χ4v) is 1.46. The lowest BCUT2D eigenvalue weighted by atomic mass is 10.2. The second-order valence-corrected chi connectivity index (χ2v) is 3.78. The molecular weight excluding hydrogens is 250 g/mol. The Morgan fingerprint density at radius 2 is 2.29 bits per heavy atom. The zero-order valence-corrected chi connectivity index (χ0v) is 9.68. The number of nitro groups is 1. The number of halogens is 1. The number of hydrogen-bond acceptors (Lipinski definition) is 4. The number of rotatable bonds is 5. The molecule has 0 bridgehead atoms. The molecule has 1 rings (SSSR count). The van der Waals surface area contributed by atoms with Gasteiger partial charge < -0.3 is 9.84 Å². The summed E-state index contributed by atoms with van der Waals surface area (Å²) in [4.78, 5) is 20.6. The van der Waals surface area contributed by atoms with Gasteiger partial charge in [0.15, 0.2) is 0 Å². The molecule has 0 fully saturated rings. The van der Waals surface area contributed by atoms with Gasteiger partial charge in [0, 0.05) is 6.07 Å². The summed E-state index contributed by atoms with van der Waals surface area (Å²) in [6.45, 7) is 1.50. The van der Waals surface area contributed by atoms with Crippen molar-refractivity contribution >= 4 is 23.3 Å². The summed E-state index contributed by atoms with van der Waals surface area (Å²) in [7, 11) is 0. The smallest absolute Gasteiger partial charge is 0.312 e. The van der Waals surface area contributed by atoms with Crippen molar-refractivity contribution in [2.75, 3.05) is 0 Å². The van der Waals surface area contributed by atoms with Crippen LogP contribution in [0.2, 0.25) is 5.02 Å². The van der Waals surface area contributed by atoms with E-state index in [2.05, 4.69) is 0 Å². The molecule has 1 aromatic carbocycles. The van der Waals surface area contributed by atoms with Crippen molar-refractivity contribution in [3.63, 3.8) is 0 Å². The minimum absolute atomic E-state index is 0.0800. The van der Waals surface area contributed by atoms with Crippen molar-refractivity contribution in [1.29, 1.82) is 0 Å². The number of ether oxygens (including phenoxy) is 1. The standard InChI is InChI=1S/C10H10ClNO5/c1-6(5-9(13)14)17-10-7(11)3-2-4-8(10)12(15)16/h2-4,6H,5H2,1H3,(H,13,14)/t6-/m0/s1. The maximum absolute atomic E-state index is 10.7. The monoisotopic (exact) mass is 259 g/mol. The SMILES string of the molecule is C[C@@H](CC(=O)O)Oc1c(Cl)cccc1[N+](=O)[O-]. The van der Waals surface area contributed by atoms with Gasteiger partial charge in [0.25, 0.3) is 0 Å². The van der Waals surface area contributed by atoms with Crippen molar-refractivity contribution < 1.29 is 19.6 Å². The molecule has 0 aliphatic carbocycles. The molecule has 0 unspecified atom stereocenters. The predicted octanol–water partition coefficient (Wildman–Crippen LogP) is 2.49. The van der Waals surface area contributed by atoms with Gasteiger partial charge in [-0.1, -0.05) is 17.7 Å². The maximum Gasteiger partial charge on any atom is 0.312 e. The Bertz CT molecular complexity index is 448. The molecule has 0 amide bonds. The number of para-hydroxylation sites is 1. The number of hydrogen-bond donors (Lipinski definition) is 1. The quantitative estimate of drug-likeness (QED) is 0.648. The average molecular weight is 260 g/mol. The van der Waals surface area contributed by atoms with Crippen LogP contribution in [0.15, 0.2) is 18.2 Å². The molecule has 1 atom stereocenters. The van der Waals surface area contributed by atoms with Crippen LogP contribution in [0.3, 0.4) is 0 Å². The summed E-state index contributed by atoms with van der Waals surface area (Å²) in [5.74, 6) is -1.15. The Balaban J connectivity index is 2.96. The molecule has 7 heteroatoms. The fraction of sp³-hybridized carbons (Fsp3) is 0.300. The van der Waals surface area contributed by atoms with E-state index in [9.17, 15) is 14.9 Å². The molecular formula is C10H10ClNO5. The largest absolute Gasteiger partial charge is 0.482 e. The molecule has 0 saturated carbocycles. The second kappa shape index (κ2) is 5.49. The van der Waals surface area contributed by atoms with Crippen LogP contribution in [0.5, 0.6) is 5.75 Å². The van der Waals surface area contributed by atoms with Crippen molar-refractivity contribution in [3.8, 4) is 5.75 Å². The van der Waals surface area contributed by atoms with Crippen molar-refractivity contribution in [2.45, 2.75) is 19.4 Å². The highest BCUT2D eigenvalue weighted by molar-refractivity contribution is 6.32. The molecule has 0 aromatic heterocycles. The summed E-state index contributed by atoms with van der Waals surface area (Å²) in [5.41, 5.74) is -0.283. The number of carboxylic acid groups (broad SMARTS) is 1. The Labute approximate surface area is 102 Å². The Morgan fingerprint density at radius 1 is 1.65 bits per heavy atom. The van der Waals surface area contributed by atoms with Gasteiger partial charge >= 0.3 is 11.7 Å². The number of nitro benzene ring substituents is 1. The van der Waals surface area contributed by atoms with Crippen molar-refractivity contribution in [1.82, 2.24) is 0 Å². The van der Waals surface area contributed by atoms with Crippen LogP contribution in [0.1, 0.15) is 13.3 Å². The average Bonchev–Trinajstić information content (AvgIpc) is 2.19. The molecule has 1 aromatic rings. The van der Waals surface area contributed by atoms with Gasteiger partial charge in [-0.15, -0.1) is 0 Å². The van der Waals surface area contributed by atoms with Gasteiger partial charge in [0.05, 0.1) is 16.4 Å². The summed E-state index contributed by atoms with van der Waals surface area (Å²) >= 11 is 5.78. The van der Waals surface area contributed by atoms with E-state index in [1.54, 1.807) is 0 Å². The molecule has 0 aliphatic rings. The molecule has 0 aliphatic heterocycles. The molecule has 6 nitrogen and oxygen atoms in total. The van der Waals surface area contributed by atoms with Crippen LogP contribution in [-0.2, 0) is 4.79 Å². The third-order valence-corrected chi connectivity index (χ3v) is 2.22. The lowest BCUT2D eigenvalue weighted by Gasteiger charge is -2.13. The lowest BCUT2D eigenvalue weighted by molar-refractivity contribution is -0.386. The zero-order chi connectivity index (χ0) is 13.0. The third-order valence-electron chi connectivity index (χ3n) is 1.92. The third kappa shape index (κ3) is 3.60. The molecule has 0 spiro atoms. The van der Waals surface area contributed by atoms with E-state index < -0.39 is 17.0 Å². The molecule has 0 heterocycles. The van der Waals surface area contributed by atoms with E-state index in [1.807, 2.05) is 0 Å². The van der Waals surface area contributed by atoms with Crippen molar-refractivity contribution in [3.05, 3.63) is 33.3 Å². The van der Waals surface area contributed by atoms with E-state index in [1.165, 1.54) is 25.1 Å². The van der Waals surface area contributed by atoms with Gasteiger partial charge in [-0.2, -0.15) is 0 Å². The fourth-order valence-electron chi connectivity index (χ4n) is 1.25. The minimum Gasteiger partial charge on any atom is -0.482 e. The van der Waals surface area contributed by atoms with Gasteiger partial charge in [0.1, 0.15) is 6.10 Å². The van der Waals surface area contributed by atoms with E-state index in [4.69, 9.17) is 21.4 Å². The molecule has 1 N–H and O–H groups in total. The van der Waals surface area contributed by atoms with Gasteiger partial charge in [-0.3, -0.25) is 14.9 Å². The van der Waals surface area contributed by atoms with Gasteiger partial charge in [-0.25, -0.2) is 0 Å². The number of carbonyl (C=O) groups is 1. The van der Waals surface area contributed by atoms with E-state index in [0.29, 0.717) is 0 Å². The van der Waals surface area contributed by atoms with Crippen LogP contribution < -0.4 is 4.74 Å². The lowest BCUT2D eigenvalue weighted by Crippen LogP contribution is -2.17. The predicted molar refractivity (Wildman–Crippen MR) is 60.4 cm³/mol. The van der Waals surface area contributed by atoms with E-state index >= 15 is 0 Å². The number of benzene rings is 1. The number of nitrogens with zero attached hydrogens (tertiary/aromatic N) is 1. The highest BCUT2D eigenvalue weighted by atomic mass is 35.5. The molecule has 0 saturated heterocycles. The minimum atomic E-state index is -1.05. The first kappa shape index (κ1) is 13.2. The van der Waals surface area contributed by atoms with E-state index in [0.717, 1.165) is 0 Å². The molecule has 17 heavy (non-hydrogen) atoms. The van der Waals surface area contributed by atoms with E-state index in [-0.39, 0.29) is 22.9 Å². The first-order valence-corrected chi connectivity index (χ1v) is 5.11. The first-order chi connectivity index (χ1) is 7.91. The summed E-state index contributed by atoms with van der Waals surface area (Å²) in [6.07, 6.45) is -0.964. The highest BCUT2D eigenvalue weighted by Gasteiger charge is 2.21. The van der Waals surface area contributed by atoms with Crippen LogP contribution in [0, 0.1) is 10.1 Å². The van der Waals surface area contributed by atoms with Gasteiger partial charge in [-0.05, 0) is 13.0 Å². The van der Waals surface area contributed by atoms with Crippen LogP contribution >= 0.6 is 11.6 Å². The van der Waals surface area contributed by atoms with Crippen LogP contribution in [0.4, 0.5) is 5.69 Å². The second-order valence-electron chi connectivity index (χ2n) is 3.37. The van der Waals surface area contributed by atoms with Crippen LogP contribution in [0.25, 0.3) is 0 Å². The molecule has 0 radical (unpaired) electrons. The molecule has 92 valence electrons. The van der Waals surface area contributed by atoms with Gasteiger partial charge in [0.2, 0.25) is 5.75 Å². The highest BCUT2D eigenvalue weighted by Crippen LogP contribution is 2.35. The van der Waals surface area contributed by atoms with Crippen LogP contribution in [-0.4, -0.2) is 22.1 Å². The summed E-state index contributed by atoms with van der Waals surface area (Å²) in [5, 5.41) is 19.4. The zero-order valence-electron chi connectivity index (χ0n) is 8.92. The number of carboxylic acids is 1.